The van der Waals surface area contributed by atoms with Crippen molar-refractivity contribution in [3.8, 4) is 0 Å². The Bertz CT molecular complexity index is 916. The van der Waals surface area contributed by atoms with Gasteiger partial charge in [-0.2, -0.15) is 0 Å². The van der Waals surface area contributed by atoms with Gasteiger partial charge in [0, 0.05) is 43.2 Å². The Morgan fingerprint density at radius 2 is 1.97 bits per heavy atom. The highest BCUT2D eigenvalue weighted by Crippen LogP contribution is 2.33. The number of imide groups is 1. The van der Waals surface area contributed by atoms with Gasteiger partial charge in [0.15, 0.2) is 0 Å². The highest BCUT2D eigenvalue weighted by Gasteiger charge is 2.43. The molecule has 1 aliphatic carbocycles. The van der Waals surface area contributed by atoms with E-state index in [1.807, 2.05) is 0 Å². The third-order valence-corrected chi connectivity index (χ3v) is 6.45. The van der Waals surface area contributed by atoms with Crippen molar-refractivity contribution >= 4 is 17.8 Å². The number of likely N-dealkylation sites (N-methyl/N-ethyl adjacent to an activating group) is 1. The van der Waals surface area contributed by atoms with E-state index in [9.17, 15) is 14.4 Å². The van der Waals surface area contributed by atoms with E-state index in [1.165, 1.54) is 10.5 Å². The van der Waals surface area contributed by atoms with Crippen LogP contribution in [0.2, 0.25) is 0 Å². The van der Waals surface area contributed by atoms with E-state index in [0.717, 1.165) is 48.3 Å². The first-order chi connectivity index (χ1) is 15.3. The van der Waals surface area contributed by atoms with Gasteiger partial charge in [-0.1, -0.05) is 44.8 Å². The Morgan fingerprint density at radius 1 is 1.22 bits per heavy atom. The minimum atomic E-state index is -0.797. The number of nitrogens with one attached hydrogen (secondary N) is 1. The number of carbonyl (C=O) groups excluding carboxylic acids is 3. The molecule has 1 N–H and O–H groups in total. The standard InChI is InChI=1S/C25H36N4O3/c1-6-7-8-9-12-28(22-18(3)13-17(2)14-19(22)4)25(32)29-16-21(30)27(5)23(24(29)31)20-10-11-26-15-20/h10-11,13,15,18,23,26H,6-9,12,14,16H2,1-5H3. The summed E-state index contributed by atoms with van der Waals surface area (Å²) in [7, 11) is 1.62. The fraction of sp³-hybridized carbons (Fsp3) is 0.560. The van der Waals surface area contributed by atoms with Crippen LogP contribution >= 0.6 is 0 Å². The quantitative estimate of drug-likeness (QED) is 0.496. The molecule has 1 aromatic heterocycles. The number of nitrogens with zero attached hydrogens (tertiary/aromatic N) is 3. The lowest BCUT2D eigenvalue weighted by Gasteiger charge is -2.41. The number of amides is 4. The highest BCUT2D eigenvalue weighted by atomic mass is 16.2. The van der Waals surface area contributed by atoms with Crippen molar-refractivity contribution in [2.24, 2.45) is 5.92 Å². The highest BCUT2D eigenvalue weighted by molar-refractivity contribution is 6.05. The van der Waals surface area contributed by atoms with E-state index in [1.54, 1.807) is 30.4 Å². The number of rotatable bonds is 7. The van der Waals surface area contributed by atoms with E-state index in [2.05, 4.69) is 38.8 Å². The molecule has 7 heteroatoms. The molecule has 174 valence electrons. The summed E-state index contributed by atoms with van der Waals surface area (Å²) in [6.07, 6.45) is 10.5. The van der Waals surface area contributed by atoms with Gasteiger partial charge in [0.1, 0.15) is 12.6 Å². The van der Waals surface area contributed by atoms with Gasteiger partial charge < -0.3 is 9.88 Å². The van der Waals surface area contributed by atoms with Crippen molar-refractivity contribution in [2.75, 3.05) is 20.1 Å². The summed E-state index contributed by atoms with van der Waals surface area (Å²) in [6.45, 7) is 8.74. The monoisotopic (exact) mass is 440 g/mol. The van der Waals surface area contributed by atoms with Gasteiger partial charge in [-0.25, -0.2) is 4.79 Å². The van der Waals surface area contributed by atoms with Crippen LogP contribution in [0.25, 0.3) is 0 Å². The van der Waals surface area contributed by atoms with Crippen LogP contribution in [0, 0.1) is 5.92 Å². The Balaban J connectivity index is 1.92. The molecule has 0 saturated carbocycles. The zero-order valence-electron chi connectivity index (χ0n) is 20.0. The number of hydrogen-bond acceptors (Lipinski definition) is 3. The first-order valence-electron chi connectivity index (χ1n) is 11.6. The Labute approximate surface area is 191 Å². The van der Waals surface area contributed by atoms with Gasteiger partial charge in [-0.3, -0.25) is 19.4 Å². The summed E-state index contributed by atoms with van der Waals surface area (Å²) < 4.78 is 0. The molecule has 3 rings (SSSR count). The van der Waals surface area contributed by atoms with Crippen molar-refractivity contribution in [2.45, 2.75) is 65.8 Å². The van der Waals surface area contributed by atoms with Gasteiger partial charge >= 0.3 is 6.03 Å². The van der Waals surface area contributed by atoms with E-state index in [0.29, 0.717) is 12.1 Å². The zero-order chi connectivity index (χ0) is 23.4. The summed E-state index contributed by atoms with van der Waals surface area (Å²) in [5.74, 6) is -0.519. The molecule has 7 nitrogen and oxygen atoms in total. The van der Waals surface area contributed by atoms with Gasteiger partial charge in [-0.05, 0) is 38.3 Å². The largest absolute Gasteiger partial charge is 0.367 e. The van der Waals surface area contributed by atoms with Crippen LogP contribution in [0.1, 0.15) is 71.4 Å². The Kier molecular flexibility index (Phi) is 7.59. The lowest BCUT2D eigenvalue weighted by molar-refractivity contribution is -0.152. The number of urea groups is 1. The second-order valence-electron chi connectivity index (χ2n) is 9.11. The van der Waals surface area contributed by atoms with Crippen molar-refractivity contribution in [3.63, 3.8) is 0 Å². The summed E-state index contributed by atoms with van der Waals surface area (Å²) in [4.78, 5) is 47.3. The summed E-state index contributed by atoms with van der Waals surface area (Å²) in [5.41, 5.74) is 4.08. The molecule has 2 aliphatic rings. The smallest absolute Gasteiger partial charge is 0.331 e. The number of hydrogen-bond donors (Lipinski definition) is 1. The van der Waals surface area contributed by atoms with Crippen molar-refractivity contribution in [1.82, 2.24) is 19.7 Å². The van der Waals surface area contributed by atoms with E-state index >= 15 is 0 Å². The van der Waals surface area contributed by atoms with Crippen molar-refractivity contribution in [3.05, 3.63) is 46.9 Å². The molecule has 0 radical (unpaired) electrons. The topological polar surface area (TPSA) is 76.7 Å². The molecule has 1 fully saturated rings. The van der Waals surface area contributed by atoms with E-state index in [4.69, 9.17) is 0 Å². The molecule has 1 aromatic rings. The van der Waals surface area contributed by atoms with E-state index < -0.39 is 6.04 Å². The maximum Gasteiger partial charge on any atom is 0.331 e. The third-order valence-electron chi connectivity index (χ3n) is 6.45. The summed E-state index contributed by atoms with van der Waals surface area (Å²) in [5, 5.41) is 0. The molecular formula is C25H36N4O3. The minimum absolute atomic E-state index is 0.0811. The molecule has 0 bridgehead atoms. The van der Waals surface area contributed by atoms with Crippen LogP contribution in [0.15, 0.2) is 41.4 Å². The first kappa shape index (κ1) is 23.8. The van der Waals surface area contributed by atoms with Gasteiger partial charge in [0.2, 0.25) is 5.91 Å². The molecular weight excluding hydrogens is 404 g/mol. The molecule has 4 amide bonds. The molecule has 32 heavy (non-hydrogen) atoms. The number of piperazine rings is 1. The van der Waals surface area contributed by atoms with Crippen LogP contribution in [-0.2, 0) is 9.59 Å². The number of H-pyrrole nitrogens is 1. The average Bonchev–Trinajstić information content (AvgIpc) is 3.26. The molecule has 2 atom stereocenters. The maximum atomic E-state index is 13.8. The average molecular weight is 441 g/mol. The lowest BCUT2D eigenvalue weighted by Crippen LogP contribution is -2.58. The fourth-order valence-corrected chi connectivity index (χ4v) is 4.92. The third kappa shape index (κ3) is 4.81. The Hall–Kier alpha value is -2.83. The van der Waals surface area contributed by atoms with Gasteiger partial charge in [-0.15, -0.1) is 0 Å². The molecule has 0 spiro atoms. The number of aromatic amines is 1. The number of unbranched alkanes of at least 4 members (excludes halogenated alkanes) is 3. The summed E-state index contributed by atoms with van der Waals surface area (Å²) in [6, 6.07) is 0.587. The lowest BCUT2D eigenvalue weighted by atomic mass is 9.89. The van der Waals surface area contributed by atoms with Crippen LogP contribution < -0.4 is 0 Å². The summed E-state index contributed by atoms with van der Waals surface area (Å²) >= 11 is 0. The van der Waals surface area contributed by atoms with Gasteiger partial charge in [0.05, 0.1) is 0 Å². The molecule has 2 unspecified atom stereocenters. The number of allylic oxidation sites excluding steroid dienone is 3. The predicted octanol–water partition coefficient (Wildman–Crippen LogP) is 4.62. The molecule has 1 aliphatic heterocycles. The number of aromatic nitrogens is 1. The van der Waals surface area contributed by atoms with Crippen LogP contribution in [-0.4, -0.2) is 57.7 Å². The first-order valence-corrected chi connectivity index (χ1v) is 11.6. The van der Waals surface area contributed by atoms with Crippen LogP contribution in [0.5, 0.6) is 0 Å². The minimum Gasteiger partial charge on any atom is -0.367 e. The van der Waals surface area contributed by atoms with Gasteiger partial charge in [0.25, 0.3) is 5.91 Å². The zero-order valence-corrected chi connectivity index (χ0v) is 20.0. The molecule has 1 saturated heterocycles. The molecule has 0 aromatic carbocycles. The Morgan fingerprint density at radius 3 is 2.59 bits per heavy atom. The van der Waals surface area contributed by atoms with Crippen LogP contribution in [0.4, 0.5) is 4.79 Å². The van der Waals surface area contributed by atoms with E-state index in [-0.39, 0.29) is 30.3 Å². The van der Waals surface area contributed by atoms with Crippen molar-refractivity contribution < 1.29 is 14.4 Å². The number of carbonyl (C=O) groups is 3. The normalized spacial score (nSPS) is 21.8. The SMILES string of the molecule is CCCCCCN(C(=O)N1CC(=O)N(C)C(c2cc[nH]c2)C1=O)C1=C(C)CC(C)=CC1C. The second-order valence-corrected chi connectivity index (χ2v) is 9.11. The second kappa shape index (κ2) is 10.2. The molecule has 2 heterocycles. The maximum absolute atomic E-state index is 13.8. The predicted molar refractivity (Wildman–Crippen MR) is 124 cm³/mol. The van der Waals surface area contributed by atoms with Crippen molar-refractivity contribution in [1.29, 1.82) is 0 Å². The van der Waals surface area contributed by atoms with Crippen LogP contribution in [0.3, 0.4) is 0 Å². The fourth-order valence-electron chi connectivity index (χ4n) is 4.92.